The van der Waals surface area contributed by atoms with E-state index in [1.807, 2.05) is 6.92 Å². The number of carbonyl (C=O) groups is 2. The molecule has 0 aromatic rings. The van der Waals surface area contributed by atoms with Gasteiger partial charge in [0.15, 0.2) is 0 Å². The summed E-state index contributed by atoms with van der Waals surface area (Å²) in [5.41, 5.74) is 5.38. The van der Waals surface area contributed by atoms with Crippen molar-refractivity contribution in [3.63, 3.8) is 0 Å². The van der Waals surface area contributed by atoms with Crippen LogP contribution in [0.2, 0.25) is 0 Å². The standard InChI is InChI=1S/C8H13NO3/c1-3-4-6(2)8(11)12-7(10)5-9/h4H,3,5,9H2,1-2H3. The van der Waals surface area contributed by atoms with E-state index in [9.17, 15) is 9.59 Å². The Bertz CT molecular complexity index is 208. The Hall–Kier alpha value is -1.16. The molecule has 68 valence electrons. The number of ether oxygens (including phenoxy) is 1. The second kappa shape index (κ2) is 5.49. The molecule has 0 fully saturated rings. The zero-order valence-corrected chi connectivity index (χ0v) is 7.29. The molecule has 0 spiro atoms. The van der Waals surface area contributed by atoms with Crippen molar-refractivity contribution >= 4 is 11.9 Å². The smallest absolute Gasteiger partial charge is 0.341 e. The van der Waals surface area contributed by atoms with E-state index in [0.29, 0.717) is 5.57 Å². The lowest BCUT2D eigenvalue weighted by Gasteiger charge is -1.99. The summed E-state index contributed by atoms with van der Waals surface area (Å²) in [6, 6.07) is 0. The molecule has 12 heavy (non-hydrogen) atoms. The zero-order chi connectivity index (χ0) is 9.56. The summed E-state index contributed by atoms with van der Waals surface area (Å²) in [6.07, 6.45) is 2.42. The molecule has 0 rings (SSSR count). The summed E-state index contributed by atoms with van der Waals surface area (Å²) < 4.78 is 4.34. The van der Waals surface area contributed by atoms with E-state index in [0.717, 1.165) is 6.42 Å². The number of allylic oxidation sites excluding steroid dienone is 1. The maximum atomic E-state index is 10.9. The van der Waals surface area contributed by atoms with Crippen LogP contribution in [0.3, 0.4) is 0 Å². The molecule has 0 atom stereocenters. The number of carbonyl (C=O) groups excluding carboxylic acids is 2. The molecular weight excluding hydrogens is 158 g/mol. The normalized spacial score (nSPS) is 11.1. The van der Waals surface area contributed by atoms with Gasteiger partial charge in [-0.05, 0) is 13.3 Å². The van der Waals surface area contributed by atoms with Gasteiger partial charge in [-0.1, -0.05) is 13.0 Å². The number of hydrogen-bond donors (Lipinski definition) is 1. The molecule has 0 radical (unpaired) electrons. The van der Waals surface area contributed by atoms with Gasteiger partial charge in [0.1, 0.15) is 0 Å². The lowest BCUT2D eigenvalue weighted by atomic mass is 10.2. The van der Waals surface area contributed by atoms with Crippen LogP contribution < -0.4 is 5.73 Å². The number of nitrogens with two attached hydrogens (primary N) is 1. The maximum absolute atomic E-state index is 10.9. The first-order valence-corrected chi connectivity index (χ1v) is 3.73. The van der Waals surface area contributed by atoms with Gasteiger partial charge in [-0.3, -0.25) is 4.79 Å². The summed E-state index contributed by atoms with van der Waals surface area (Å²) >= 11 is 0. The Labute approximate surface area is 71.4 Å². The zero-order valence-electron chi connectivity index (χ0n) is 7.29. The highest BCUT2D eigenvalue weighted by atomic mass is 16.6. The maximum Gasteiger partial charge on any atom is 0.341 e. The molecule has 0 saturated carbocycles. The van der Waals surface area contributed by atoms with Gasteiger partial charge in [0.05, 0.1) is 6.54 Å². The van der Waals surface area contributed by atoms with Crippen LogP contribution in [0.25, 0.3) is 0 Å². The molecular formula is C8H13NO3. The quantitative estimate of drug-likeness (QED) is 0.378. The van der Waals surface area contributed by atoms with Crippen molar-refractivity contribution in [2.45, 2.75) is 20.3 Å². The fourth-order valence-corrected chi connectivity index (χ4v) is 0.615. The van der Waals surface area contributed by atoms with Crippen molar-refractivity contribution < 1.29 is 14.3 Å². The van der Waals surface area contributed by atoms with E-state index < -0.39 is 11.9 Å². The van der Waals surface area contributed by atoms with Gasteiger partial charge in [0.25, 0.3) is 0 Å². The minimum atomic E-state index is -0.705. The Balaban J connectivity index is 4.04. The third-order valence-electron chi connectivity index (χ3n) is 1.21. The van der Waals surface area contributed by atoms with Crippen LogP contribution in [0.4, 0.5) is 0 Å². The third kappa shape index (κ3) is 3.88. The Morgan fingerprint density at radius 1 is 1.50 bits per heavy atom. The molecule has 0 aliphatic rings. The predicted molar refractivity (Wildman–Crippen MR) is 44.2 cm³/mol. The van der Waals surface area contributed by atoms with Gasteiger partial charge in [0, 0.05) is 5.57 Å². The summed E-state index contributed by atoms with van der Waals surface area (Å²) in [5, 5.41) is 0. The molecule has 0 bridgehead atoms. The van der Waals surface area contributed by atoms with Crippen molar-refractivity contribution in [3.8, 4) is 0 Å². The Kier molecular flexibility index (Phi) is 4.96. The minimum absolute atomic E-state index is 0.273. The highest BCUT2D eigenvalue weighted by molar-refractivity contribution is 5.96. The van der Waals surface area contributed by atoms with E-state index in [-0.39, 0.29) is 6.54 Å². The monoisotopic (exact) mass is 171 g/mol. The lowest BCUT2D eigenvalue weighted by molar-refractivity contribution is -0.155. The van der Waals surface area contributed by atoms with Crippen molar-refractivity contribution in [3.05, 3.63) is 11.6 Å². The van der Waals surface area contributed by atoms with Crippen LogP contribution >= 0.6 is 0 Å². The molecule has 0 heterocycles. The fourth-order valence-electron chi connectivity index (χ4n) is 0.615. The molecule has 0 saturated heterocycles. The molecule has 0 unspecified atom stereocenters. The summed E-state index contributed by atoms with van der Waals surface area (Å²) in [5.74, 6) is -1.32. The van der Waals surface area contributed by atoms with Gasteiger partial charge in [-0.25, -0.2) is 4.79 Å². The van der Waals surface area contributed by atoms with Crippen LogP contribution in [0.15, 0.2) is 11.6 Å². The Morgan fingerprint density at radius 3 is 2.50 bits per heavy atom. The highest BCUT2D eigenvalue weighted by Gasteiger charge is 2.09. The number of hydrogen-bond acceptors (Lipinski definition) is 4. The summed E-state index contributed by atoms with van der Waals surface area (Å²) in [4.78, 5) is 21.5. The molecule has 0 aromatic heterocycles. The second-order valence-corrected chi connectivity index (χ2v) is 2.26. The summed E-state index contributed by atoms with van der Waals surface area (Å²) in [6.45, 7) is 3.21. The second-order valence-electron chi connectivity index (χ2n) is 2.26. The summed E-state index contributed by atoms with van der Waals surface area (Å²) in [7, 11) is 0. The van der Waals surface area contributed by atoms with E-state index in [4.69, 9.17) is 5.73 Å². The topological polar surface area (TPSA) is 69.4 Å². The Morgan fingerprint density at radius 2 is 2.08 bits per heavy atom. The van der Waals surface area contributed by atoms with Gasteiger partial charge in [0.2, 0.25) is 0 Å². The molecule has 0 aliphatic heterocycles. The van der Waals surface area contributed by atoms with Crippen molar-refractivity contribution in [1.29, 1.82) is 0 Å². The molecule has 0 aliphatic carbocycles. The molecule has 2 N–H and O–H groups in total. The van der Waals surface area contributed by atoms with Crippen molar-refractivity contribution in [2.75, 3.05) is 6.54 Å². The number of rotatable bonds is 3. The van der Waals surface area contributed by atoms with Gasteiger partial charge >= 0.3 is 11.9 Å². The van der Waals surface area contributed by atoms with Gasteiger partial charge in [-0.15, -0.1) is 0 Å². The predicted octanol–water partition coefficient (Wildman–Crippen LogP) is 0.371. The van der Waals surface area contributed by atoms with Gasteiger partial charge in [-0.2, -0.15) is 0 Å². The van der Waals surface area contributed by atoms with Gasteiger partial charge < -0.3 is 10.5 Å². The minimum Gasteiger partial charge on any atom is -0.389 e. The first-order valence-electron chi connectivity index (χ1n) is 3.73. The first kappa shape index (κ1) is 10.8. The van der Waals surface area contributed by atoms with E-state index in [1.165, 1.54) is 0 Å². The average Bonchev–Trinajstić information content (AvgIpc) is 2.04. The molecule has 4 nitrogen and oxygen atoms in total. The van der Waals surface area contributed by atoms with E-state index >= 15 is 0 Å². The lowest BCUT2D eigenvalue weighted by Crippen LogP contribution is -2.21. The molecule has 0 aromatic carbocycles. The SMILES string of the molecule is CCC=C(C)C(=O)OC(=O)CN. The fraction of sp³-hybridized carbons (Fsp3) is 0.500. The van der Waals surface area contributed by atoms with Crippen LogP contribution in [0, 0.1) is 0 Å². The van der Waals surface area contributed by atoms with E-state index in [1.54, 1.807) is 13.0 Å². The first-order chi connectivity index (χ1) is 5.61. The third-order valence-corrected chi connectivity index (χ3v) is 1.21. The van der Waals surface area contributed by atoms with Crippen LogP contribution in [-0.2, 0) is 14.3 Å². The average molecular weight is 171 g/mol. The van der Waals surface area contributed by atoms with Crippen LogP contribution in [0.1, 0.15) is 20.3 Å². The number of esters is 2. The van der Waals surface area contributed by atoms with Crippen LogP contribution in [0.5, 0.6) is 0 Å². The highest BCUT2D eigenvalue weighted by Crippen LogP contribution is 1.98. The van der Waals surface area contributed by atoms with E-state index in [2.05, 4.69) is 4.74 Å². The van der Waals surface area contributed by atoms with Crippen molar-refractivity contribution in [2.24, 2.45) is 5.73 Å². The van der Waals surface area contributed by atoms with Crippen molar-refractivity contribution in [1.82, 2.24) is 0 Å². The molecule has 0 amide bonds. The van der Waals surface area contributed by atoms with Crippen LogP contribution in [-0.4, -0.2) is 18.5 Å². The molecule has 4 heteroatoms. The largest absolute Gasteiger partial charge is 0.389 e.